The van der Waals surface area contributed by atoms with Gasteiger partial charge in [0.1, 0.15) is 11.4 Å². The first-order valence-corrected chi connectivity index (χ1v) is 11.9. The van der Waals surface area contributed by atoms with Gasteiger partial charge in [0.2, 0.25) is 0 Å². The van der Waals surface area contributed by atoms with Gasteiger partial charge < -0.3 is 10.1 Å². The van der Waals surface area contributed by atoms with Gasteiger partial charge in [-0.2, -0.15) is 5.10 Å². The molecule has 0 atom stereocenters. The molecule has 1 N–H and O–H groups in total. The van der Waals surface area contributed by atoms with Crippen molar-refractivity contribution in [2.75, 3.05) is 5.32 Å². The Morgan fingerprint density at radius 2 is 1.47 bits per heavy atom. The molecule has 0 saturated carbocycles. The summed E-state index contributed by atoms with van der Waals surface area (Å²) in [5, 5.41) is 8.18. The Bertz CT molecular complexity index is 1500. The summed E-state index contributed by atoms with van der Waals surface area (Å²) in [7, 11) is 0. The van der Waals surface area contributed by atoms with Gasteiger partial charge in [-0.3, -0.25) is 4.79 Å². The molecule has 5 nitrogen and oxygen atoms in total. The Morgan fingerprint density at radius 3 is 2.17 bits per heavy atom. The van der Waals surface area contributed by atoms with E-state index in [9.17, 15) is 4.79 Å². The third kappa shape index (κ3) is 4.77. The van der Waals surface area contributed by atoms with Crippen LogP contribution in [0.15, 0.2) is 103 Å². The molecule has 0 aliphatic heterocycles. The van der Waals surface area contributed by atoms with Crippen molar-refractivity contribution in [2.24, 2.45) is 0 Å². The summed E-state index contributed by atoms with van der Waals surface area (Å²) in [4.78, 5) is 12.3. The van der Waals surface area contributed by atoms with Crippen LogP contribution in [0.4, 0.5) is 11.4 Å². The monoisotopic (exact) mass is 473 g/mol. The van der Waals surface area contributed by atoms with Crippen molar-refractivity contribution in [3.8, 4) is 28.4 Å². The highest BCUT2D eigenvalue weighted by Gasteiger charge is 2.15. The van der Waals surface area contributed by atoms with E-state index >= 15 is 0 Å². The van der Waals surface area contributed by atoms with Crippen LogP contribution in [0.25, 0.3) is 16.9 Å². The fraction of sp³-hybridized carbons (Fsp3) is 0.0968. The average Bonchev–Trinajstić information content (AvgIpc) is 3.34. The second kappa shape index (κ2) is 9.92. The van der Waals surface area contributed by atoms with E-state index in [1.807, 2.05) is 117 Å². The molecule has 1 aromatic heterocycles. The predicted octanol–water partition coefficient (Wildman–Crippen LogP) is 7.89. The van der Waals surface area contributed by atoms with Crippen molar-refractivity contribution in [2.45, 2.75) is 20.8 Å². The SMILES string of the molecule is CC(=O)c1cc(-c2ccccc2)nn1-c1ccc(Nc2ccccc2Oc2c(C)cccc2C)cc1. The fourth-order valence-corrected chi connectivity index (χ4v) is 4.15. The van der Waals surface area contributed by atoms with E-state index in [0.717, 1.165) is 50.9 Å². The number of hydrogen-bond acceptors (Lipinski definition) is 4. The van der Waals surface area contributed by atoms with E-state index in [2.05, 4.69) is 5.32 Å². The Labute approximate surface area is 211 Å². The number of aryl methyl sites for hydroxylation is 2. The number of carbonyl (C=O) groups excluding carboxylic acids is 1. The molecule has 36 heavy (non-hydrogen) atoms. The van der Waals surface area contributed by atoms with Crippen LogP contribution in [-0.2, 0) is 0 Å². The van der Waals surface area contributed by atoms with Crippen molar-refractivity contribution >= 4 is 17.2 Å². The van der Waals surface area contributed by atoms with Crippen LogP contribution in [0.2, 0.25) is 0 Å². The smallest absolute Gasteiger partial charge is 0.178 e. The molecule has 1 heterocycles. The Hall–Kier alpha value is -4.64. The summed E-state index contributed by atoms with van der Waals surface area (Å²) < 4.78 is 8.01. The molecule has 0 unspecified atom stereocenters. The number of hydrogen-bond donors (Lipinski definition) is 1. The molecule has 0 bridgehead atoms. The zero-order valence-corrected chi connectivity index (χ0v) is 20.5. The van der Waals surface area contributed by atoms with Crippen molar-refractivity contribution < 1.29 is 9.53 Å². The maximum absolute atomic E-state index is 12.3. The summed E-state index contributed by atoms with van der Waals surface area (Å²) >= 11 is 0. The number of anilines is 2. The number of nitrogens with one attached hydrogen (secondary N) is 1. The number of carbonyl (C=O) groups is 1. The largest absolute Gasteiger partial charge is 0.455 e. The zero-order chi connectivity index (χ0) is 25.1. The van der Waals surface area contributed by atoms with Gasteiger partial charge in [0, 0.05) is 18.2 Å². The highest BCUT2D eigenvalue weighted by Crippen LogP contribution is 2.35. The van der Waals surface area contributed by atoms with E-state index in [4.69, 9.17) is 9.84 Å². The van der Waals surface area contributed by atoms with Gasteiger partial charge in [0.05, 0.1) is 17.1 Å². The van der Waals surface area contributed by atoms with E-state index in [1.165, 1.54) is 0 Å². The predicted molar refractivity (Wildman–Crippen MR) is 145 cm³/mol. The first-order chi connectivity index (χ1) is 17.5. The van der Waals surface area contributed by atoms with Gasteiger partial charge in [0.15, 0.2) is 11.5 Å². The molecular weight excluding hydrogens is 446 g/mol. The Morgan fingerprint density at radius 1 is 0.806 bits per heavy atom. The van der Waals surface area contributed by atoms with Crippen LogP contribution in [-0.4, -0.2) is 15.6 Å². The zero-order valence-electron chi connectivity index (χ0n) is 20.5. The van der Waals surface area contributed by atoms with Gasteiger partial charge in [-0.15, -0.1) is 0 Å². The van der Waals surface area contributed by atoms with Gasteiger partial charge in [-0.1, -0.05) is 60.7 Å². The van der Waals surface area contributed by atoms with Crippen LogP contribution in [0.3, 0.4) is 0 Å². The standard InChI is InChI=1S/C31H27N3O2/c1-21-10-9-11-22(2)31(21)36-30-15-8-7-14-27(30)32-25-16-18-26(19-17-25)34-29(23(3)35)20-28(33-34)24-12-5-4-6-13-24/h4-20,32H,1-3H3. The van der Waals surface area contributed by atoms with E-state index in [-0.39, 0.29) is 5.78 Å². The number of nitrogens with zero attached hydrogens (tertiary/aromatic N) is 2. The molecule has 0 radical (unpaired) electrons. The van der Waals surface area contributed by atoms with Gasteiger partial charge >= 0.3 is 0 Å². The van der Waals surface area contributed by atoms with Gasteiger partial charge in [0.25, 0.3) is 0 Å². The third-order valence-electron chi connectivity index (χ3n) is 6.04. The summed E-state index contributed by atoms with van der Waals surface area (Å²) in [6.45, 7) is 5.65. The molecule has 5 heteroatoms. The summed E-state index contributed by atoms with van der Waals surface area (Å²) in [6, 6.07) is 33.5. The molecule has 4 aromatic carbocycles. The molecule has 0 saturated heterocycles. The number of rotatable bonds is 7. The molecule has 0 fully saturated rings. The van der Waals surface area contributed by atoms with Crippen molar-refractivity contribution in [3.63, 3.8) is 0 Å². The van der Waals surface area contributed by atoms with Crippen molar-refractivity contribution in [3.05, 3.63) is 120 Å². The second-order valence-electron chi connectivity index (χ2n) is 8.74. The molecule has 0 aliphatic carbocycles. The van der Waals surface area contributed by atoms with Crippen LogP contribution >= 0.6 is 0 Å². The van der Waals surface area contributed by atoms with E-state index < -0.39 is 0 Å². The van der Waals surface area contributed by atoms with Crippen LogP contribution in [0, 0.1) is 13.8 Å². The molecule has 5 aromatic rings. The number of ether oxygens (including phenoxy) is 1. The lowest BCUT2D eigenvalue weighted by atomic mass is 10.1. The highest BCUT2D eigenvalue weighted by atomic mass is 16.5. The normalized spacial score (nSPS) is 10.8. The number of ketones is 1. The fourth-order valence-electron chi connectivity index (χ4n) is 4.15. The number of aromatic nitrogens is 2. The first-order valence-electron chi connectivity index (χ1n) is 11.9. The van der Waals surface area contributed by atoms with Crippen molar-refractivity contribution in [1.82, 2.24) is 9.78 Å². The molecule has 178 valence electrons. The number of Topliss-reactive ketones (excluding diaryl/α,β-unsaturated/α-hetero) is 1. The number of para-hydroxylation sites is 3. The minimum Gasteiger partial charge on any atom is -0.455 e. The average molecular weight is 474 g/mol. The van der Waals surface area contributed by atoms with Crippen LogP contribution < -0.4 is 10.1 Å². The molecule has 5 rings (SSSR count). The lowest BCUT2D eigenvalue weighted by molar-refractivity contribution is 0.101. The van der Waals surface area contributed by atoms with Gasteiger partial charge in [-0.05, 0) is 67.4 Å². The molecular formula is C31H27N3O2. The summed E-state index contributed by atoms with van der Waals surface area (Å²) in [6.07, 6.45) is 0. The van der Waals surface area contributed by atoms with E-state index in [1.54, 1.807) is 11.6 Å². The number of benzene rings is 4. The van der Waals surface area contributed by atoms with Crippen LogP contribution in [0.5, 0.6) is 11.5 Å². The Balaban J connectivity index is 1.41. The highest BCUT2D eigenvalue weighted by molar-refractivity contribution is 5.94. The molecule has 0 amide bonds. The quantitative estimate of drug-likeness (QED) is 0.244. The van der Waals surface area contributed by atoms with Gasteiger partial charge in [-0.25, -0.2) is 4.68 Å². The lowest BCUT2D eigenvalue weighted by Crippen LogP contribution is -2.06. The minimum absolute atomic E-state index is 0.0375. The summed E-state index contributed by atoms with van der Waals surface area (Å²) in [5.74, 6) is 1.58. The topological polar surface area (TPSA) is 56.2 Å². The lowest BCUT2D eigenvalue weighted by Gasteiger charge is -2.16. The minimum atomic E-state index is -0.0375. The summed E-state index contributed by atoms with van der Waals surface area (Å²) in [5.41, 5.74) is 7.03. The van der Waals surface area contributed by atoms with E-state index in [0.29, 0.717) is 5.69 Å². The third-order valence-corrected chi connectivity index (χ3v) is 6.04. The Kier molecular flexibility index (Phi) is 6.37. The maximum Gasteiger partial charge on any atom is 0.178 e. The first kappa shape index (κ1) is 23.1. The second-order valence-corrected chi connectivity index (χ2v) is 8.74. The molecule has 0 spiro atoms. The molecule has 0 aliphatic rings. The van der Waals surface area contributed by atoms with Crippen molar-refractivity contribution in [1.29, 1.82) is 0 Å². The maximum atomic E-state index is 12.3. The van der Waals surface area contributed by atoms with Crippen LogP contribution in [0.1, 0.15) is 28.5 Å².